The number of fused-ring (bicyclic) bond motifs is 2. The Hall–Kier alpha value is -2.10. The molecule has 0 unspecified atom stereocenters. The zero-order chi connectivity index (χ0) is 22.9. The van der Waals surface area contributed by atoms with E-state index in [1.165, 1.54) is 22.5 Å². The fraction of sp³-hybridized carbons (Fsp3) is 0.500. The minimum Gasteiger partial charge on any atom is -0.342 e. The number of sulfonamides is 1. The number of hydrogen-bond acceptors (Lipinski definition) is 6. The first-order chi connectivity index (χ1) is 15.1. The molecule has 0 aromatic heterocycles. The molecule has 1 N–H and O–H groups in total. The molecule has 0 amide bonds. The Bertz CT molecular complexity index is 1230. The number of allylic oxidation sites excluding steroid dienone is 2. The fourth-order valence-corrected chi connectivity index (χ4v) is 7.31. The summed E-state index contributed by atoms with van der Waals surface area (Å²) in [6, 6.07) is 3.98. The van der Waals surface area contributed by atoms with Gasteiger partial charge in [-0.1, -0.05) is 31.5 Å². The Morgan fingerprint density at radius 3 is 2.62 bits per heavy atom. The van der Waals surface area contributed by atoms with Crippen molar-refractivity contribution in [2.45, 2.75) is 44.4 Å². The number of rotatable bonds is 2. The second kappa shape index (κ2) is 7.20. The van der Waals surface area contributed by atoms with Crippen molar-refractivity contribution in [3.63, 3.8) is 0 Å². The highest BCUT2D eigenvalue weighted by atomic mass is 35.5. The molecule has 0 atom stereocenters. The first-order valence-electron chi connectivity index (χ1n) is 10.6. The smallest absolute Gasteiger partial charge is 0.246 e. The van der Waals surface area contributed by atoms with Crippen LogP contribution < -0.4 is 5.32 Å². The van der Waals surface area contributed by atoms with Gasteiger partial charge in [-0.25, -0.2) is 12.8 Å². The van der Waals surface area contributed by atoms with E-state index in [1.807, 2.05) is 0 Å². The van der Waals surface area contributed by atoms with Crippen LogP contribution in [0.5, 0.6) is 0 Å². The number of Topliss-reactive ketones (excluding diaryl/α,β-unsaturated/α-hetero) is 1. The lowest BCUT2D eigenvalue weighted by atomic mass is 9.60. The van der Waals surface area contributed by atoms with Crippen molar-refractivity contribution in [1.82, 2.24) is 9.62 Å². The third-order valence-corrected chi connectivity index (χ3v) is 9.20. The summed E-state index contributed by atoms with van der Waals surface area (Å²) in [5, 5.41) is 11.6. The highest BCUT2D eigenvalue weighted by Crippen LogP contribution is 2.55. The highest BCUT2D eigenvalue weighted by Gasteiger charge is 2.53. The van der Waals surface area contributed by atoms with Gasteiger partial charge in [0.1, 0.15) is 4.90 Å². The fourth-order valence-electron chi connectivity index (χ4n) is 5.55. The maximum absolute atomic E-state index is 14.5. The van der Waals surface area contributed by atoms with Crippen LogP contribution in [0.15, 0.2) is 56.0 Å². The summed E-state index contributed by atoms with van der Waals surface area (Å²) in [6.45, 7) is 4.86. The maximum atomic E-state index is 14.5. The predicted octanol–water partition coefficient (Wildman–Crippen LogP) is 4.17. The summed E-state index contributed by atoms with van der Waals surface area (Å²) >= 11 is 5.82. The second-order valence-electron chi connectivity index (χ2n) is 9.68. The number of halogens is 2. The molecule has 1 fully saturated rings. The molecule has 5 rings (SSSR count). The molecule has 3 heterocycles. The van der Waals surface area contributed by atoms with Crippen molar-refractivity contribution in [1.29, 1.82) is 0 Å². The lowest BCUT2D eigenvalue weighted by molar-refractivity contribution is -0.119. The maximum Gasteiger partial charge on any atom is 0.246 e. The molecule has 0 bridgehead atoms. The summed E-state index contributed by atoms with van der Waals surface area (Å²) in [5.74, 6) is -0.157. The predicted molar refractivity (Wildman–Crippen MR) is 117 cm³/mol. The molecule has 10 heteroatoms. The molecule has 0 radical (unpaired) electrons. The van der Waals surface area contributed by atoms with E-state index in [0.717, 1.165) is 23.3 Å². The van der Waals surface area contributed by atoms with E-state index in [-0.39, 0.29) is 29.3 Å². The highest BCUT2D eigenvalue weighted by molar-refractivity contribution is 7.89. The van der Waals surface area contributed by atoms with Gasteiger partial charge in [0, 0.05) is 41.8 Å². The van der Waals surface area contributed by atoms with E-state index in [0.29, 0.717) is 31.6 Å². The van der Waals surface area contributed by atoms with Crippen LogP contribution in [-0.2, 0) is 14.8 Å². The van der Waals surface area contributed by atoms with Gasteiger partial charge in [0.15, 0.2) is 17.4 Å². The second-order valence-corrected chi connectivity index (χ2v) is 12.0. The van der Waals surface area contributed by atoms with Crippen LogP contribution >= 0.6 is 11.6 Å². The number of nitrogens with zero attached hydrogens (tertiary/aromatic N) is 3. The Kier molecular flexibility index (Phi) is 4.89. The number of benzene rings is 1. The largest absolute Gasteiger partial charge is 0.342 e. The molecular weight excluding hydrogens is 455 g/mol. The average molecular weight is 479 g/mol. The summed E-state index contributed by atoms with van der Waals surface area (Å²) in [6.07, 6.45) is 2.01. The molecule has 0 saturated carbocycles. The van der Waals surface area contributed by atoms with Crippen molar-refractivity contribution in [2.24, 2.45) is 21.1 Å². The van der Waals surface area contributed by atoms with Gasteiger partial charge in [0.25, 0.3) is 0 Å². The molecule has 32 heavy (non-hydrogen) atoms. The van der Waals surface area contributed by atoms with E-state index in [9.17, 15) is 17.6 Å². The number of dihydropyridines is 1. The monoisotopic (exact) mass is 478 g/mol. The van der Waals surface area contributed by atoms with Crippen molar-refractivity contribution in [2.75, 3.05) is 19.6 Å². The Balaban J connectivity index is 1.50. The topological polar surface area (TPSA) is 91.2 Å². The third-order valence-electron chi connectivity index (χ3n) is 7.00. The van der Waals surface area contributed by atoms with Gasteiger partial charge in [-0.2, -0.15) is 9.42 Å². The van der Waals surface area contributed by atoms with Crippen LogP contribution in [0.2, 0.25) is 5.02 Å². The zero-order valence-electron chi connectivity index (χ0n) is 17.9. The third kappa shape index (κ3) is 3.16. The summed E-state index contributed by atoms with van der Waals surface area (Å²) in [4.78, 5) is 12.9. The van der Waals surface area contributed by atoms with Crippen LogP contribution in [-0.4, -0.2) is 38.1 Å². The van der Waals surface area contributed by atoms with E-state index < -0.39 is 26.2 Å². The van der Waals surface area contributed by atoms with Crippen molar-refractivity contribution in [3.05, 3.63) is 51.7 Å². The van der Waals surface area contributed by atoms with Gasteiger partial charge < -0.3 is 5.32 Å². The van der Waals surface area contributed by atoms with E-state index in [2.05, 4.69) is 29.4 Å². The lowest BCUT2D eigenvalue weighted by Crippen LogP contribution is -2.50. The van der Waals surface area contributed by atoms with Gasteiger partial charge in [-0.15, -0.1) is 5.11 Å². The van der Waals surface area contributed by atoms with Gasteiger partial charge in [-0.3, -0.25) is 4.79 Å². The standard InChI is InChI=1S/C22H24ClFN4O3S/c1-21(2)10-15-18(16(29)11-21)22(13-12-25-27-20(13)26-15)6-8-28(9-7-22)32(30,31)17-5-3-4-14(23)19(17)24/h3-5,26H,6-12H2,1-2H3. The van der Waals surface area contributed by atoms with Crippen LogP contribution in [0, 0.1) is 16.6 Å². The Labute approximate surface area is 191 Å². The lowest BCUT2D eigenvalue weighted by Gasteiger charge is -2.48. The SMILES string of the molecule is CC1(C)CC(=O)C2=C(C1)NC1=C(CN=N1)C21CCN(S(=O)(=O)c2cccc(Cl)c2F)CC1. The minimum atomic E-state index is -4.06. The van der Waals surface area contributed by atoms with E-state index in [1.54, 1.807) is 0 Å². The summed E-state index contributed by atoms with van der Waals surface area (Å²) < 4.78 is 42.1. The van der Waals surface area contributed by atoms with Gasteiger partial charge in [0.05, 0.1) is 11.6 Å². The van der Waals surface area contributed by atoms with Crippen LogP contribution in [0.1, 0.15) is 39.5 Å². The van der Waals surface area contributed by atoms with Crippen molar-refractivity contribution in [3.8, 4) is 0 Å². The van der Waals surface area contributed by atoms with Crippen molar-refractivity contribution < 1.29 is 17.6 Å². The quantitative estimate of drug-likeness (QED) is 0.690. The molecule has 7 nitrogen and oxygen atoms in total. The normalized spacial score (nSPS) is 24.6. The number of carbonyl (C=O) groups is 1. The van der Waals surface area contributed by atoms with Gasteiger partial charge in [-0.05, 0) is 36.8 Å². The minimum absolute atomic E-state index is 0.0967. The van der Waals surface area contributed by atoms with Crippen molar-refractivity contribution >= 4 is 27.4 Å². The van der Waals surface area contributed by atoms with E-state index in [4.69, 9.17) is 11.6 Å². The summed E-state index contributed by atoms with van der Waals surface area (Å²) in [5.41, 5.74) is 1.84. The molecule has 3 aliphatic heterocycles. The van der Waals surface area contributed by atoms with Crippen LogP contribution in [0.3, 0.4) is 0 Å². The first-order valence-corrected chi connectivity index (χ1v) is 12.5. The first kappa shape index (κ1) is 21.7. The Morgan fingerprint density at radius 1 is 1.19 bits per heavy atom. The number of carbonyl (C=O) groups excluding carboxylic acids is 1. The molecule has 1 aromatic rings. The number of nitrogens with one attached hydrogen (secondary N) is 1. The average Bonchev–Trinajstić information content (AvgIpc) is 3.18. The molecule has 1 saturated heterocycles. The molecule has 1 aromatic carbocycles. The van der Waals surface area contributed by atoms with Crippen LogP contribution in [0.25, 0.3) is 0 Å². The van der Waals surface area contributed by atoms with E-state index >= 15 is 0 Å². The molecule has 170 valence electrons. The number of ketones is 1. The molecule has 1 aliphatic carbocycles. The number of piperidine rings is 1. The summed E-state index contributed by atoms with van der Waals surface area (Å²) in [7, 11) is -4.06. The Morgan fingerprint density at radius 2 is 1.91 bits per heavy atom. The number of hydrogen-bond donors (Lipinski definition) is 1. The number of azo groups is 1. The van der Waals surface area contributed by atoms with Gasteiger partial charge in [0.2, 0.25) is 10.0 Å². The zero-order valence-corrected chi connectivity index (χ0v) is 19.5. The van der Waals surface area contributed by atoms with Crippen LogP contribution in [0.4, 0.5) is 4.39 Å². The molecule has 4 aliphatic rings. The molecule has 1 spiro atoms. The molecular formula is C22H24ClFN4O3S. The van der Waals surface area contributed by atoms with Gasteiger partial charge >= 0.3 is 0 Å².